The molecule has 1 aromatic carbocycles. The molecule has 0 saturated carbocycles. The Morgan fingerprint density at radius 2 is 1.70 bits per heavy atom. The highest BCUT2D eigenvalue weighted by Crippen LogP contribution is 2.25. The minimum absolute atomic E-state index is 0.142. The lowest BCUT2D eigenvalue weighted by atomic mass is 10.1. The van der Waals surface area contributed by atoms with Gasteiger partial charge in [-0.05, 0) is 30.0 Å². The number of carbonyl (C=O) groups is 1. The van der Waals surface area contributed by atoms with Gasteiger partial charge in [0.25, 0.3) is 0 Å². The molecule has 2 amide bonds. The first-order valence-electron chi connectivity index (χ1n) is 6.80. The van der Waals surface area contributed by atoms with Gasteiger partial charge in [0.15, 0.2) is 0 Å². The van der Waals surface area contributed by atoms with Gasteiger partial charge in [0.2, 0.25) is 0 Å². The first-order chi connectivity index (χ1) is 9.29. The Morgan fingerprint density at radius 1 is 1.15 bits per heavy atom. The summed E-state index contributed by atoms with van der Waals surface area (Å²) in [6.45, 7) is 9.78. The van der Waals surface area contributed by atoms with Gasteiger partial charge in [-0.15, -0.1) is 0 Å². The molecule has 1 rings (SSSR count). The van der Waals surface area contributed by atoms with Crippen LogP contribution in [0.1, 0.15) is 27.7 Å². The van der Waals surface area contributed by atoms with Gasteiger partial charge >= 0.3 is 6.03 Å². The van der Waals surface area contributed by atoms with Crippen LogP contribution in [-0.4, -0.2) is 24.0 Å². The lowest BCUT2D eigenvalue weighted by Crippen LogP contribution is -2.39. The second kappa shape index (κ2) is 7.75. The highest BCUT2D eigenvalue weighted by Gasteiger charge is 2.17. The summed E-state index contributed by atoms with van der Waals surface area (Å²) < 4.78 is 0. The molecule has 0 fully saturated rings. The lowest BCUT2D eigenvalue weighted by Gasteiger charge is -2.26. The molecule has 0 aromatic heterocycles. The van der Waals surface area contributed by atoms with Crippen LogP contribution in [0.15, 0.2) is 18.2 Å². The van der Waals surface area contributed by atoms with E-state index in [2.05, 4.69) is 33.0 Å². The Hall–Kier alpha value is -0.930. The average molecular weight is 317 g/mol. The van der Waals surface area contributed by atoms with E-state index >= 15 is 0 Å². The Kier molecular flexibility index (Phi) is 6.63. The number of nitrogens with one attached hydrogen (secondary N) is 1. The maximum atomic E-state index is 12.4. The van der Waals surface area contributed by atoms with Crippen LogP contribution in [0.5, 0.6) is 0 Å². The van der Waals surface area contributed by atoms with Crippen molar-refractivity contribution in [2.45, 2.75) is 27.7 Å². The van der Waals surface area contributed by atoms with E-state index in [1.54, 1.807) is 18.2 Å². The fraction of sp³-hybridized carbons (Fsp3) is 0.533. The summed E-state index contributed by atoms with van der Waals surface area (Å²) in [5.41, 5.74) is 0.543. The summed E-state index contributed by atoms with van der Waals surface area (Å²) in [6.07, 6.45) is 0. The van der Waals surface area contributed by atoms with Crippen LogP contribution in [0.2, 0.25) is 10.0 Å². The second-order valence-corrected chi connectivity index (χ2v) is 6.59. The maximum Gasteiger partial charge on any atom is 0.321 e. The van der Waals surface area contributed by atoms with E-state index in [9.17, 15) is 4.79 Å². The molecule has 0 radical (unpaired) electrons. The lowest BCUT2D eigenvalue weighted by molar-refractivity contribution is 0.196. The topological polar surface area (TPSA) is 32.3 Å². The largest absolute Gasteiger partial charge is 0.324 e. The standard InChI is InChI=1S/C15H22Cl2N2O/c1-10(2)8-19(9-11(3)4)15(20)18-14-7-12(16)5-6-13(14)17/h5-7,10-11H,8-9H2,1-4H3,(H,18,20). The third-order valence-electron chi connectivity index (χ3n) is 2.63. The summed E-state index contributed by atoms with van der Waals surface area (Å²) in [5.74, 6) is 0.823. The van der Waals surface area contributed by atoms with E-state index in [4.69, 9.17) is 23.2 Å². The molecular weight excluding hydrogens is 295 g/mol. The second-order valence-electron chi connectivity index (χ2n) is 5.75. The minimum Gasteiger partial charge on any atom is -0.324 e. The first kappa shape index (κ1) is 17.1. The maximum absolute atomic E-state index is 12.4. The number of nitrogens with zero attached hydrogens (tertiary/aromatic N) is 1. The van der Waals surface area contributed by atoms with Crippen molar-refractivity contribution in [3.63, 3.8) is 0 Å². The molecule has 3 nitrogen and oxygen atoms in total. The zero-order valence-corrected chi connectivity index (χ0v) is 13.9. The minimum atomic E-state index is -0.142. The van der Waals surface area contributed by atoms with Crippen molar-refractivity contribution in [3.8, 4) is 0 Å². The molecule has 1 aromatic rings. The third kappa shape index (κ3) is 5.59. The van der Waals surface area contributed by atoms with Gasteiger partial charge < -0.3 is 10.2 Å². The molecule has 0 atom stereocenters. The number of benzene rings is 1. The van der Waals surface area contributed by atoms with E-state index < -0.39 is 0 Å². The van der Waals surface area contributed by atoms with Crippen LogP contribution >= 0.6 is 23.2 Å². The highest BCUT2D eigenvalue weighted by atomic mass is 35.5. The molecule has 0 saturated heterocycles. The monoisotopic (exact) mass is 316 g/mol. The zero-order valence-electron chi connectivity index (χ0n) is 12.4. The molecule has 5 heteroatoms. The molecule has 1 N–H and O–H groups in total. The Morgan fingerprint density at radius 3 is 2.20 bits per heavy atom. The number of hydrogen-bond acceptors (Lipinski definition) is 1. The van der Waals surface area contributed by atoms with Gasteiger partial charge in [-0.2, -0.15) is 0 Å². The fourth-order valence-corrected chi connectivity index (χ4v) is 2.25. The van der Waals surface area contributed by atoms with Gasteiger partial charge in [-0.25, -0.2) is 4.79 Å². The SMILES string of the molecule is CC(C)CN(CC(C)C)C(=O)Nc1cc(Cl)ccc1Cl. The normalized spacial score (nSPS) is 11.0. The summed E-state index contributed by atoms with van der Waals surface area (Å²) in [6, 6.07) is 4.88. The van der Waals surface area contributed by atoms with E-state index in [0.29, 0.717) is 40.7 Å². The number of carbonyl (C=O) groups excluding carboxylic acids is 1. The Bertz CT molecular complexity index is 451. The Labute approximate surface area is 131 Å². The van der Waals surface area contributed by atoms with Crippen LogP contribution in [0.4, 0.5) is 10.5 Å². The number of amides is 2. The molecular formula is C15H22Cl2N2O. The molecule has 0 bridgehead atoms. The van der Waals surface area contributed by atoms with Crippen LogP contribution < -0.4 is 5.32 Å². The van der Waals surface area contributed by atoms with E-state index in [1.807, 2.05) is 4.90 Å². The molecule has 0 heterocycles. The van der Waals surface area contributed by atoms with E-state index in [-0.39, 0.29) is 6.03 Å². The molecule has 112 valence electrons. The number of urea groups is 1. The van der Waals surface area contributed by atoms with E-state index in [1.165, 1.54) is 0 Å². The van der Waals surface area contributed by atoms with Crippen molar-refractivity contribution in [1.82, 2.24) is 4.90 Å². The van der Waals surface area contributed by atoms with Gasteiger partial charge in [-0.1, -0.05) is 50.9 Å². The average Bonchev–Trinajstić information content (AvgIpc) is 2.31. The van der Waals surface area contributed by atoms with Crippen molar-refractivity contribution >= 4 is 34.9 Å². The predicted octanol–water partition coefficient (Wildman–Crippen LogP) is 5.14. The molecule has 20 heavy (non-hydrogen) atoms. The summed E-state index contributed by atoms with van der Waals surface area (Å²) in [4.78, 5) is 14.2. The van der Waals surface area contributed by atoms with Crippen molar-refractivity contribution < 1.29 is 4.79 Å². The molecule has 0 unspecified atom stereocenters. The van der Waals surface area contributed by atoms with Crippen LogP contribution in [-0.2, 0) is 0 Å². The van der Waals surface area contributed by atoms with Crippen molar-refractivity contribution in [3.05, 3.63) is 28.2 Å². The van der Waals surface area contributed by atoms with Gasteiger partial charge in [0.1, 0.15) is 0 Å². The summed E-state index contributed by atoms with van der Waals surface area (Å²) >= 11 is 12.0. The van der Waals surface area contributed by atoms with E-state index in [0.717, 1.165) is 0 Å². The van der Waals surface area contributed by atoms with Crippen molar-refractivity contribution in [2.24, 2.45) is 11.8 Å². The van der Waals surface area contributed by atoms with Crippen LogP contribution in [0.3, 0.4) is 0 Å². The number of anilines is 1. The molecule has 0 aliphatic rings. The van der Waals surface area contributed by atoms with Gasteiger partial charge in [0, 0.05) is 18.1 Å². The van der Waals surface area contributed by atoms with Gasteiger partial charge in [-0.3, -0.25) is 0 Å². The number of halogens is 2. The van der Waals surface area contributed by atoms with Gasteiger partial charge in [0.05, 0.1) is 10.7 Å². The molecule has 0 aliphatic carbocycles. The molecule has 0 aliphatic heterocycles. The number of hydrogen-bond donors (Lipinski definition) is 1. The van der Waals surface area contributed by atoms with Crippen LogP contribution in [0.25, 0.3) is 0 Å². The highest BCUT2D eigenvalue weighted by molar-refractivity contribution is 6.35. The van der Waals surface area contributed by atoms with Crippen LogP contribution in [0, 0.1) is 11.8 Å². The van der Waals surface area contributed by atoms with Crippen molar-refractivity contribution in [1.29, 1.82) is 0 Å². The predicted molar refractivity (Wildman–Crippen MR) is 86.7 cm³/mol. The quantitative estimate of drug-likeness (QED) is 0.801. The Balaban J connectivity index is 2.81. The first-order valence-corrected chi connectivity index (χ1v) is 7.56. The zero-order chi connectivity index (χ0) is 15.3. The fourth-order valence-electron chi connectivity index (χ4n) is 1.91. The summed E-state index contributed by atoms with van der Waals surface area (Å²) in [7, 11) is 0. The third-order valence-corrected chi connectivity index (χ3v) is 3.19. The molecule has 0 spiro atoms. The smallest absolute Gasteiger partial charge is 0.321 e. The van der Waals surface area contributed by atoms with Crippen molar-refractivity contribution in [2.75, 3.05) is 18.4 Å². The number of rotatable bonds is 5. The summed E-state index contributed by atoms with van der Waals surface area (Å²) in [5, 5.41) is 3.86.